The zero-order valence-electron chi connectivity index (χ0n) is 22.3. The van der Waals surface area contributed by atoms with E-state index in [1.807, 2.05) is 52.9 Å². The molecule has 0 aliphatic heterocycles. The SMILES string of the molecule is Bc1cc(C(C)(C)c2ccc(C(C)(c3ccc(O)c(C)c3)c3ccc(O)c(C)c3)cc2)cc(C)c1O. The van der Waals surface area contributed by atoms with Crippen molar-refractivity contribution in [3.8, 4) is 17.2 Å². The largest absolute Gasteiger partial charge is 0.508 e. The van der Waals surface area contributed by atoms with Crippen molar-refractivity contribution in [3.05, 3.63) is 117 Å². The third kappa shape index (κ3) is 4.26. The Labute approximate surface area is 215 Å². The number of hydrogen-bond acceptors (Lipinski definition) is 3. The van der Waals surface area contributed by atoms with Crippen LogP contribution in [-0.2, 0) is 10.8 Å². The second-order valence-electron chi connectivity index (χ2n) is 10.8. The van der Waals surface area contributed by atoms with Crippen LogP contribution in [-0.4, -0.2) is 23.2 Å². The van der Waals surface area contributed by atoms with Crippen LogP contribution in [0.1, 0.15) is 65.3 Å². The molecule has 0 radical (unpaired) electrons. The summed E-state index contributed by atoms with van der Waals surface area (Å²) in [4.78, 5) is 0. The summed E-state index contributed by atoms with van der Waals surface area (Å²) in [5, 5.41) is 30.6. The van der Waals surface area contributed by atoms with E-state index < -0.39 is 5.41 Å². The fourth-order valence-corrected chi connectivity index (χ4v) is 5.14. The summed E-state index contributed by atoms with van der Waals surface area (Å²) in [6, 6.07) is 24.4. The van der Waals surface area contributed by atoms with E-state index in [0.717, 1.165) is 44.4 Å². The molecule has 0 spiro atoms. The number of aromatic hydroxyl groups is 3. The highest BCUT2D eigenvalue weighted by Gasteiger charge is 2.33. The molecule has 36 heavy (non-hydrogen) atoms. The van der Waals surface area contributed by atoms with Crippen LogP contribution in [0.2, 0.25) is 0 Å². The molecule has 0 aromatic heterocycles. The maximum atomic E-state index is 10.3. The summed E-state index contributed by atoms with van der Waals surface area (Å²) in [5.74, 6) is 0.910. The Bertz CT molecular complexity index is 1360. The molecule has 0 saturated heterocycles. The molecule has 0 unspecified atom stereocenters. The molecule has 0 heterocycles. The normalized spacial score (nSPS) is 12.1. The van der Waals surface area contributed by atoms with Crippen LogP contribution in [0.4, 0.5) is 0 Å². The van der Waals surface area contributed by atoms with Crippen molar-refractivity contribution in [2.45, 2.75) is 52.4 Å². The fourth-order valence-electron chi connectivity index (χ4n) is 5.14. The van der Waals surface area contributed by atoms with Crippen LogP contribution in [0, 0.1) is 20.8 Å². The first-order chi connectivity index (χ1) is 16.9. The molecule has 0 bridgehead atoms. The van der Waals surface area contributed by atoms with Gasteiger partial charge in [0.05, 0.1) is 0 Å². The highest BCUT2D eigenvalue weighted by atomic mass is 16.3. The van der Waals surface area contributed by atoms with Crippen LogP contribution in [0.15, 0.2) is 72.8 Å². The molecule has 4 rings (SSSR count). The third-order valence-electron chi connectivity index (χ3n) is 7.94. The molecule has 4 aromatic rings. The van der Waals surface area contributed by atoms with Crippen molar-refractivity contribution < 1.29 is 15.3 Å². The van der Waals surface area contributed by atoms with Crippen LogP contribution in [0.5, 0.6) is 17.2 Å². The topological polar surface area (TPSA) is 60.7 Å². The molecule has 0 saturated carbocycles. The number of phenols is 3. The van der Waals surface area contributed by atoms with Gasteiger partial charge in [-0.1, -0.05) is 74.5 Å². The second-order valence-corrected chi connectivity index (χ2v) is 10.8. The van der Waals surface area contributed by atoms with Gasteiger partial charge in [-0.15, -0.1) is 0 Å². The third-order valence-corrected chi connectivity index (χ3v) is 7.94. The van der Waals surface area contributed by atoms with E-state index in [-0.39, 0.29) is 16.9 Å². The molecule has 0 amide bonds. The number of phenolic OH excluding ortho intramolecular Hbond substituents is 3. The minimum Gasteiger partial charge on any atom is -0.508 e. The Morgan fingerprint density at radius 3 is 1.39 bits per heavy atom. The molecule has 3 nitrogen and oxygen atoms in total. The summed E-state index contributed by atoms with van der Waals surface area (Å²) in [6.45, 7) is 12.4. The quantitative estimate of drug-likeness (QED) is 0.256. The minimum absolute atomic E-state index is 0.248. The van der Waals surface area contributed by atoms with E-state index in [1.165, 1.54) is 5.56 Å². The van der Waals surface area contributed by atoms with Crippen molar-refractivity contribution in [2.75, 3.05) is 0 Å². The van der Waals surface area contributed by atoms with Gasteiger partial charge in [-0.2, -0.15) is 0 Å². The van der Waals surface area contributed by atoms with E-state index in [4.69, 9.17) is 0 Å². The van der Waals surface area contributed by atoms with Crippen LogP contribution < -0.4 is 5.46 Å². The number of aryl methyl sites for hydroxylation is 3. The maximum absolute atomic E-state index is 10.3. The Hall–Kier alpha value is -3.66. The first-order valence-corrected chi connectivity index (χ1v) is 12.4. The number of hydrogen-bond donors (Lipinski definition) is 3. The van der Waals surface area contributed by atoms with Crippen molar-refractivity contribution in [1.82, 2.24) is 0 Å². The van der Waals surface area contributed by atoms with Gasteiger partial charge >= 0.3 is 0 Å². The van der Waals surface area contributed by atoms with Gasteiger partial charge in [0, 0.05) is 10.8 Å². The Kier molecular flexibility index (Phi) is 6.42. The lowest BCUT2D eigenvalue weighted by atomic mass is 9.69. The molecule has 0 aliphatic rings. The van der Waals surface area contributed by atoms with Gasteiger partial charge in [0.1, 0.15) is 25.1 Å². The minimum atomic E-state index is -0.495. The lowest BCUT2D eigenvalue weighted by Crippen LogP contribution is -2.26. The summed E-state index contributed by atoms with van der Waals surface area (Å²) < 4.78 is 0. The second kappa shape index (κ2) is 9.09. The molecule has 4 aromatic carbocycles. The van der Waals surface area contributed by atoms with Gasteiger partial charge in [0.2, 0.25) is 0 Å². The Morgan fingerprint density at radius 1 is 0.528 bits per heavy atom. The molecule has 0 atom stereocenters. The molecule has 0 aliphatic carbocycles. The number of rotatable bonds is 5. The van der Waals surface area contributed by atoms with E-state index in [2.05, 4.69) is 57.2 Å². The molecule has 4 heteroatoms. The average Bonchev–Trinajstić information content (AvgIpc) is 2.85. The van der Waals surface area contributed by atoms with E-state index in [0.29, 0.717) is 5.75 Å². The van der Waals surface area contributed by atoms with Gasteiger partial charge in [-0.05, 0) is 89.8 Å². The lowest BCUT2D eigenvalue weighted by Gasteiger charge is -2.34. The maximum Gasteiger partial charge on any atom is 0.144 e. The molecule has 3 N–H and O–H groups in total. The van der Waals surface area contributed by atoms with E-state index in [1.54, 1.807) is 12.1 Å². The van der Waals surface area contributed by atoms with Crippen LogP contribution >= 0.6 is 0 Å². The predicted molar refractivity (Wildman–Crippen MR) is 151 cm³/mol. The highest BCUT2D eigenvalue weighted by Crippen LogP contribution is 2.42. The van der Waals surface area contributed by atoms with Crippen molar-refractivity contribution in [1.29, 1.82) is 0 Å². The van der Waals surface area contributed by atoms with Gasteiger partial charge in [0.25, 0.3) is 0 Å². The molecular weight excluding hydrogens is 443 g/mol. The Balaban J connectivity index is 1.85. The van der Waals surface area contributed by atoms with Crippen LogP contribution in [0.25, 0.3) is 0 Å². The predicted octanol–water partition coefficient (Wildman–Crippen LogP) is 5.67. The number of benzene rings is 4. The monoisotopic (exact) mass is 478 g/mol. The van der Waals surface area contributed by atoms with Crippen LogP contribution in [0.3, 0.4) is 0 Å². The Morgan fingerprint density at radius 2 is 0.944 bits per heavy atom. The van der Waals surface area contributed by atoms with Crippen molar-refractivity contribution in [2.24, 2.45) is 0 Å². The molecule has 184 valence electrons. The molecular formula is C32H35BO3. The zero-order chi connectivity index (χ0) is 26.4. The molecule has 0 fully saturated rings. The van der Waals surface area contributed by atoms with Crippen molar-refractivity contribution in [3.63, 3.8) is 0 Å². The van der Waals surface area contributed by atoms with Gasteiger partial charge in [0.15, 0.2) is 0 Å². The standard InChI is InChI=1S/C32H35BO3/c1-19-15-24(11-13-28(19)34)32(6,25-12-14-29(35)20(2)16-25)23-9-7-22(8-10-23)31(4,5)26-17-21(3)30(36)27(33)18-26/h7-18,34-36H,33H2,1-6H3. The van der Waals surface area contributed by atoms with Gasteiger partial charge < -0.3 is 15.3 Å². The smallest absolute Gasteiger partial charge is 0.144 e. The highest BCUT2D eigenvalue weighted by molar-refractivity contribution is 6.34. The summed E-state index contributed by atoms with van der Waals surface area (Å²) in [7, 11) is 1.94. The summed E-state index contributed by atoms with van der Waals surface area (Å²) >= 11 is 0. The van der Waals surface area contributed by atoms with Gasteiger partial charge in [-0.3, -0.25) is 0 Å². The lowest BCUT2D eigenvalue weighted by molar-refractivity contribution is 0.470. The first-order valence-electron chi connectivity index (χ1n) is 12.4. The average molecular weight is 478 g/mol. The summed E-state index contributed by atoms with van der Waals surface area (Å²) in [5.41, 5.74) is 8.27. The van der Waals surface area contributed by atoms with Gasteiger partial charge in [-0.25, -0.2) is 0 Å². The van der Waals surface area contributed by atoms with E-state index >= 15 is 0 Å². The summed E-state index contributed by atoms with van der Waals surface area (Å²) in [6.07, 6.45) is 0. The zero-order valence-corrected chi connectivity index (χ0v) is 22.3. The van der Waals surface area contributed by atoms with Crippen molar-refractivity contribution >= 4 is 13.3 Å². The fraction of sp³-hybridized carbons (Fsp3) is 0.250. The van der Waals surface area contributed by atoms with E-state index in [9.17, 15) is 15.3 Å². The first kappa shape index (κ1) is 25.4.